The number of nitrogens with one attached hydrogen (secondary N) is 1. The fraction of sp³-hybridized carbons (Fsp3) is 0.190. The van der Waals surface area contributed by atoms with Crippen LogP contribution in [0.2, 0.25) is 0 Å². The fourth-order valence-corrected chi connectivity index (χ4v) is 4.28. The van der Waals surface area contributed by atoms with Gasteiger partial charge in [0.2, 0.25) is 0 Å². The van der Waals surface area contributed by atoms with Crippen molar-refractivity contribution in [2.24, 2.45) is 7.05 Å². The molecule has 0 saturated heterocycles. The van der Waals surface area contributed by atoms with Gasteiger partial charge in [0.05, 0.1) is 11.9 Å². The Balaban J connectivity index is 1.50. The highest BCUT2D eigenvalue weighted by Gasteiger charge is 2.15. The summed E-state index contributed by atoms with van der Waals surface area (Å²) >= 11 is 1.31. The molecule has 1 aromatic carbocycles. The van der Waals surface area contributed by atoms with Crippen molar-refractivity contribution < 1.29 is 0 Å². The number of hydrogen-bond donors (Lipinski definition) is 1. The molecule has 0 unspecified atom stereocenters. The van der Waals surface area contributed by atoms with Crippen molar-refractivity contribution in [2.45, 2.75) is 23.9 Å². The summed E-state index contributed by atoms with van der Waals surface area (Å²) in [6.07, 6.45) is 5.14. The molecule has 0 spiro atoms. The normalized spacial score (nSPS) is 11.4. The second-order valence-corrected chi connectivity index (χ2v) is 8.06. The number of H-pyrrole nitrogens is 1. The Labute approximate surface area is 185 Å². The van der Waals surface area contributed by atoms with Crippen molar-refractivity contribution in [2.75, 3.05) is 0 Å². The third-order valence-electron chi connectivity index (χ3n) is 5.01. The molecule has 0 aliphatic carbocycles. The van der Waals surface area contributed by atoms with Crippen LogP contribution in [0.25, 0.3) is 22.2 Å². The quantitative estimate of drug-likeness (QED) is 0.309. The summed E-state index contributed by atoms with van der Waals surface area (Å²) in [5, 5.41) is 5.01. The summed E-state index contributed by atoms with van der Waals surface area (Å²) in [6.45, 7) is 0.440. The average molecular weight is 446 g/mol. The molecule has 0 aliphatic heterocycles. The molecule has 0 fully saturated rings. The van der Waals surface area contributed by atoms with E-state index in [2.05, 4.69) is 30.0 Å². The van der Waals surface area contributed by atoms with Gasteiger partial charge >= 0.3 is 0 Å². The molecule has 0 radical (unpaired) electrons. The van der Waals surface area contributed by atoms with E-state index >= 15 is 0 Å². The van der Waals surface area contributed by atoms with Crippen molar-refractivity contribution in [1.29, 1.82) is 0 Å². The largest absolute Gasteiger partial charge is 0.309 e. The second-order valence-electron chi connectivity index (χ2n) is 7.12. The predicted molar refractivity (Wildman–Crippen MR) is 120 cm³/mol. The third kappa shape index (κ3) is 3.78. The lowest BCUT2D eigenvalue weighted by atomic mass is 10.1. The highest BCUT2D eigenvalue weighted by atomic mass is 32.2. The van der Waals surface area contributed by atoms with Gasteiger partial charge in [-0.25, -0.2) is 19.9 Å². The van der Waals surface area contributed by atoms with Gasteiger partial charge in [-0.3, -0.25) is 18.8 Å². The molecule has 0 aliphatic rings. The van der Waals surface area contributed by atoms with Crippen LogP contribution in [0.15, 0.2) is 63.7 Å². The van der Waals surface area contributed by atoms with Gasteiger partial charge in [-0.2, -0.15) is 5.10 Å². The maximum atomic E-state index is 13.1. The van der Waals surface area contributed by atoms with Gasteiger partial charge in [0.1, 0.15) is 11.2 Å². The molecule has 1 N–H and O–H groups in total. The molecule has 32 heavy (non-hydrogen) atoms. The SMILES string of the molecule is Cn1ncc2c(=O)[nH]c(CSc3nc4nccnc4c(=O)n3CCc3ccccc3)nc21. The Kier molecular flexibility index (Phi) is 5.23. The summed E-state index contributed by atoms with van der Waals surface area (Å²) < 4.78 is 3.16. The number of nitrogens with zero attached hydrogens (tertiary/aromatic N) is 7. The summed E-state index contributed by atoms with van der Waals surface area (Å²) in [6, 6.07) is 9.92. The molecule has 0 amide bonds. The van der Waals surface area contributed by atoms with Gasteiger partial charge in [-0.15, -0.1) is 0 Å². The van der Waals surface area contributed by atoms with Gasteiger partial charge in [0.15, 0.2) is 22.0 Å². The van der Waals surface area contributed by atoms with Gasteiger partial charge in [-0.05, 0) is 12.0 Å². The van der Waals surface area contributed by atoms with E-state index in [1.807, 2.05) is 30.3 Å². The molecule has 5 aromatic rings. The van der Waals surface area contributed by atoms with Crippen molar-refractivity contribution in [3.05, 3.63) is 81.0 Å². The van der Waals surface area contributed by atoms with Crippen molar-refractivity contribution >= 4 is 34.0 Å². The smallest absolute Gasteiger partial charge is 0.282 e. The Bertz CT molecular complexity index is 1540. The Morgan fingerprint density at radius 3 is 2.72 bits per heavy atom. The maximum absolute atomic E-state index is 13.1. The zero-order valence-electron chi connectivity index (χ0n) is 17.1. The van der Waals surface area contributed by atoms with Crippen LogP contribution >= 0.6 is 11.8 Å². The van der Waals surface area contributed by atoms with Crippen LogP contribution in [0.1, 0.15) is 11.4 Å². The van der Waals surface area contributed by atoms with Crippen molar-refractivity contribution in [3.63, 3.8) is 0 Å². The zero-order chi connectivity index (χ0) is 22.1. The lowest BCUT2D eigenvalue weighted by molar-refractivity contribution is 0.592. The van der Waals surface area contributed by atoms with E-state index in [-0.39, 0.29) is 16.6 Å². The lowest BCUT2D eigenvalue weighted by Crippen LogP contribution is -2.25. The molecule has 4 aromatic heterocycles. The first-order valence-corrected chi connectivity index (χ1v) is 10.9. The molecule has 10 nitrogen and oxygen atoms in total. The van der Waals surface area contributed by atoms with Crippen LogP contribution in [0, 0.1) is 0 Å². The van der Waals surface area contributed by atoms with Gasteiger partial charge < -0.3 is 4.98 Å². The minimum absolute atomic E-state index is 0.229. The van der Waals surface area contributed by atoms with Crippen LogP contribution in [0.4, 0.5) is 0 Å². The van der Waals surface area contributed by atoms with Crippen LogP contribution in [0.3, 0.4) is 0 Å². The number of aromatic nitrogens is 8. The highest BCUT2D eigenvalue weighted by Crippen LogP contribution is 2.20. The molecule has 160 valence electrons. The van der Waals surface area contributed by atoms with E-state index in [4.69, 9.17) is 0 Å². The first-order chi connectivity index (χ1) is 15.6. The third-order valence-corrected chi connectivity index (χ3v) is 6.00. The minimum Gasteiger partial charge on any atom is -0.309 e. The monoisotopic (exact) mass is 446 g/mol. The fourth-order valence-electron chi connectivity index (χ4n) is 3.40. The Morgan fingerprint density at radius 2 is 1.88 bits per heavy atom. The predicted octanol–water partition coefficient (Wildman–Crippen LogP) is 1.69. The number of benzene rings is 1. The Hall–Kier alpha value is -3.86. The lowest BCUT2D eigenvalue weighted by Gasteiger charge is -2.12. The number of thioether (sulfide) groups is 1. The van der Waals surface area contributed by atoms with Crippen LogP contribution < -0.4 is 11.1 Å². The molecule has 0 saturated carbocycles. The number of fused-ring (bicyclic) bond motifs is 2. The van der Waals surface area contributed by atoms with Crippen molar-refractivity contribution in [3.8, 4) is 0 Å². The van der Waals surface area contributed by atoms with Crippen molar-refractivity contribution in [1.82, 2.24) is 39.3 Å². The summed E-state index contributed by atoms with van der Waals surface area (Å²) in [4.78, 5) is 45.7. The summed E-state index contributed by atoms with van der Waals surface area (Å²) in [5.74, 6) is 0.791. The Morgan fingerprint density at radius 1 is 1.06 bits per heavy atom. The first-order valence-electron chi connectivity index (χ1n) is 9.89. The average Bonchev–Trinajstić information content (AvgIpc) is 3.19. The van der Waals surface area contributed by atoms with Gasteiger partial charge in [0.25, 0.3) is 11.1 Å². The highest BCUT2D eigenvalue weighted by molar-refractivity contribution is 7.98. The zero-order valence-corrected chi connectivity index (χ0v) is 17.9. The maximum Gasteiger partial charge on any atom is 0.282 e. The molecule has 11 heteroatoms. The van der Waals surface area contributed by atoms with Crippen LogP contribution in [0.5, 0.6) is 0 Å². The van der Waals surface area contributed by atoms with E-state index in [9.17, 15) is 9.59 Å². The molecule has 0 bridgehead atoms. The molecular formula is C21H18N8O2S. The number of aromatic amines is 1. The van der Waals surface area contributed by atoms with E-state index in [0.717, 1.165) is 5.56 Å². The second kappa shape index (κ2) is 8.35. The molecule has 0 atom stereocenters. The topological polar surface area (TPSA) is 124 Å². The van der Waals surface area contributed by atoms with Crippen LogP contribution in [-0.4, -0.2) is 39.3 Å². The number of aryl methyl sites for hydroxylation is 2. The standard InChI is InChI=1S/C21H18N8O2S/c1-28-18-14(11-24-28)19(30)26-15(25-18)12-32-21-27-17-16(22-8-9-23-17)20(31)29(21)10-7-13-5-3-2-4-6-13/h2-6,8-9,11H,7,10,12H2,1H3,(H,25,26,30). The molecular weight excluding hydrogens is 428 g/mol. The van der Waals surface area contributed by atoms with E-state index in [1.165, 1.54) is 30.4 Å². The number of rotatable bonds is 6. The molecule has 4 heterocycles. The van der Waals surface area contributed by atoms with E-state index in [0.29, 0.717) is 46.4 Å². The minimum atomic E-state index is -0.252. The van der Waals surface area contributed by atoms with Crippen LogP contribution in [-0.2, 0) is 25.8 Å². The van der Waals surface area contributed by atoms with E-state index < -0.39 is 0 Å². The number of hydrogen-bond acceptors (Lipinski definition) is 8. The summed E-state index contributed by atoms with van der Waals surface area (Å²) in [5.41, 5.74) is 1.64. The summed E-state index contributed by atoms with van der Waals surface area (Å²) in [7, 11) is 1.73. The first kappa shape index (κ1) is 20.1. The van der Waals surface area contributed by atoms with E-state index in [1.54, 1.807) is 16.3 Å². The van der Waals surface area contributed by atoms with Gasteiger partial charge in [0, 0.05) is 26.0 Å². The van der Waals surface area contributed by atoms with Gasteiger partial charge in [-0.1, -0.05) is 42.1 Å². The molecule has 5 rings (SSSR count).